The molecule has 0 radical (unpaired) electrons. The maximum atomic E-state index is 5.44. The maximum absolute atomic E-state index is 5.44. The quantitative estimate of drug-likeness (QED) is 0.189. The van der Waals surface area contributed by atoms with Gasteiger partial charge in [0.2, 0.25) is 0 Å². The van der Waals surface area contributed by atoms with Crippen LogP contribution in [0.4, 0.5) is 0 Å². The Labute approximate surface area is 297 Å². The topological polar surface area (TPSA) is 35.6 Å². The van der Waals surface area contributed by atoms with E-state index >= 15 is 0 Å². The number of fused-ring (bicyclic) bond motifs is 5. The highest BCUT2D eigenvalue weighted by Gasteiger charge is 2.26. The Morgan fingerprint density at radius 3 is 1.48 bits per heavy atom. The molecule has 0 amide bonds. The van der Waals surface area contributed by atoms with Crippen molar-refractivity contribution in [1.82, 2.24) is 19.1 Å². The molecule has 3 aromatic heterocycles. The van der Waals surface area contributed by atoms with Crippen molar-refractivity contribution >= 4 is 87.0 Å². The Hall–Kier alpha value is -7.04. The number of benzene rings is 8. The fraction of sp³-hybridized carbons (Fsp3) is 0. The van der Waals surface area contributed by atoms with Crippen LogP contribution in [0.3, 0.4) is 0 Å². The molecule has 0 unspecified atom stereocenters. The van der Waals surface area contributed by atoms with E-state index in [4.69, 9.17) is 9.97 Å². The van der Waals surface area contributed by atoms with E-state index in [1.54, 1.807) is 0 Å². The van der Waals surface area contributed by atoms with Crippen LogP contribution in [0.25, 0.3) is 110 Å². The van der Waals surface area contributed by atoms with Gasteiger partial charge in [-0.2, -0.15) is 0 Å². The van der Waals surface area contributed by atoms with Gasteiger partial charge in [0.15, 0.2) is 5.82 Å². The van der Waals surface area contributed by atoms with Gasteiger partial charge in [0.1, 0.15) is 5.69 Å². The Morgan fingerprint density at radius 2 is 0.846 bits per heavy atom. The van der Waals surface area contributed by atoms with Crippen molar-refractivity contribution in [2.45, 2.75) is 0 Å². The van der Waals surface area contributed by atoms with Crippen LogP contribution in [0.1, 0.15) is 0 Å². The molecule has 0 atom stereocenters. The van der Waals surface area contributed by atoms with Gasteiger partial charge >= 0.3 is 0 Å². The molecule has 0 N–H and O–H groups in total. The lowest BCUT2D eigenvalue weighted by molar-refractivity contribution is 1.08. The molecule has 4 nitrogen and oxygen atoms in total. The molecule has 0 saturated carbocycles. The van der Waals surface area contributed by atoms with Crippen LogP contribution >= 0.6 is 0 Å². The molecule has 0 aliphatic carbocycles. The third kappa shape index (κ3) is 3.65. The van der Waals surface area contributed by atoms with Crippen molar-refractivity contribution in [1.29, 1.82) is 0 Å². The predicted octanol–water partition coefficient (Wildman–Crippen LogP) is 12.4. The summed E-state index contributed by atoms with van der Waals surface area (Å²) in [6.45, 7) is 0. The van der Waals surface area contributed by atoms with Gasteiger partial charge in [0.25, 0.3) is 0 Å². The zero-order valence-corrected chi connectivity index (χ0v) is 28.0. The number of aromatic nitrogens is 4. The normalized spacial score (nSPS) is 12.2. The molecule has 3 heterocycles. The fourth-order valence-corrected chi connectivity index (χ4v) is 8.85. The van der Waals surface area contributed by atoms with E-state index in [9.17, 15) is 0 Å². The average Bonchev–Trinajstić information content (AvgIpc) is 3.73. The number of nitrogens with zero attached hydrogens (tertiary/aromatic N) is 4. The Bertz CT molecular complexity index is 3390. The molecule has 52 heavy (non-hydrogen) atoms. The number of rotatable bonds is 3. The molecule has 0 aliphatic rings. The fourth-order valence-electron chi connectivity index (χ4n) is 8.85. The lowest BCUT2D eigenvalue weighted by Crippen LogP contribution is -2.03. The van der Waals surface area contributed by atoms with Gasteiger partial charge in [-0.3, -0.25) is 4.57 Å². The summed E-state index contributed by atoms with van der Waals surface area (Å²) in [5.41, 5.74) is 9.39. The van der Waals surface area contributed by atoms with Crippen molar-refractivity contribution in [3.63, 3.8) is 0 Å². The van der Waals surface area contributed by atoms with Crippen molar-refractivity contribution in [3.8, 4) is 22.8 Å². The number of para-hydroxylation sites is 3. The number of hydrogen-bond acceptors (Lipinski definition) is 2. The molecule has 12 rings (SSSR count). The first-order valence-electron chi connectivity index (χ1n) is 17.8. The Balaban J connectivity index is 1.38. The second kappa shape index (κ2) is 10.3. The van der Waals surface area contributed by atoms with Gasteiger partial charge in [0.05, 0.1) is 33.1 Å². The van der Waals surface area contributed by atoms with E-state index in [0.717, 1.165) is 44.8 Å². The first kappa shape index (κ1) is 27.7. The molecule has 0 fully saturated rings. The standard InChI is InChI=1S/C48H28N4/c1-3-13-29(14-4-1)47-48(50-38-22-10-9-21-37(38)49-47)52-40-24-12-20-34-36-28-31-16-8-7-15-30(31)27-35(36)33-19-11-23-39-43(33)45-41(25-26-42(52)46(45)44(34)40)51(39)32-17-5-2-6-18-32/h1-28H. The highest BCUT2D eigenvalue weighted by molar-refractivity contribution is 6.39. The van der Waals surface area contributed by atoms with Gasteiger partial charge in [-0.1, -0.05) is 109 Å². The van der Waals surface area contributed by atoms with Crippen LogP contribution < -0.4 is 0 Å². The monoisotopic (exact) mass is 660 g/mol. The summed E-state index contributed by atoms with van der Waals surface area (Å²) in [6.07, 6.45) is 0. The maximum Gasteiger partial charge on any atom is 0.165 e. The SMILES string of the molecule is c1ccc(-c2nc3ccccc3nc2-n2c3cccc4c5cc6ccccc6cc5c5cccc6c5c5c(c43)c2ccc5n6-c2ccccc2)cc1. The van der Waals surface area contributed by atoms with Crippen LogP contribution in [-0.4, -0.2) is 19.1 Å². The summed E-state index contributed by atoms with van der Waals surface area (Å²) >= 11 is 0. The summed E-state index contributed by atoms with van der Waals surface area (Å²) in [7, 11) is 0. The highest BCUT2D eigenvalue weighted by Crippen LogP contribution is 2.48. The zero-order chi connectivity index (χ0) is 33.9. The van der Waals surface area contributed by atoms with Crippen molar-refractivity contribution in [2.24, 2.45) is 0 Å². The predicted molar refractivity (Wildman–Crippen MR) is 217 cm³/mol. The lowest BCUT2D eigenvalue weighted by Gasteiger charge is -2.14. The smallest absolute Gasteiger partial charge is 0.165 e. The second-order valence-corrected chi connectivity index (χ2v) is 13.8. The molecular weight excluding hydrogens is 633 g/mol. The van der Waals surface area contributed by atoms with Crippen LogP contribution in [0.2, 0.25) is 0 Å². The molecule has 0 spiro atoms. The molecule has 0 bridgehead atoms. The summed E-state index contributed by atoms with van der Waals surface area (Å²) in [6, 6.07) is 61.1. The summed E-state index contributed by atoms with van der Waals surface area (Å²) in [5.74, 6) is 0.825. The van der Waals surface area contributed by atoms with E-state index in [1.165, 1.54) is 64.9 Å². The molecule has 0 aliphatic heterocycles. The van der Waals surface area contributed by atoms with Gasteiger partial charge in [-0.25, -0.2) is 9.97 Å². The molecular formula is C48H28N4. The Kier molecular flexibility index (Phi) is 5.47. The summed E-state index contributed by atoms with van der Waals surface area (Å²) < 4.78 is 4.81. The van der Waals surface area contributed by atoms with E-state index in [-0.39, 0.29) is 0 Å². The van der Waals surface area contributed by atoms with Crippen molar-refractivity contribution in [2.75, 3.05) is 0 Å². The highest BCUT2D eigenvalue weighted by atomic mass is 15.1. The van der Waals surface area contributed by atoms with E-state index in [0.29, 0.717) is 0 Å². The van der Waals surface area contributed by atoms with Crippen LogP contribution in [0, 0.1) is 0 Å². The minimum atomic E-state index is 0.825. The first-order valence-corrected chi connectivity index (χ1v) is 17.8. The van der Waals surface area contributed by atoms with Crippen molar-refractivity contribution < 1.29 is 0 Å². The molecule has 240 valence electrons. The lowest BCUT2D eigenvalue weighted by atomic mass is 9.93. The largest absolute Gasteiger partial charge is 0.309 e. The summed E-state index contributed by atoms with van der Waals surface area (Å²) in [4.78, 5) is 10.7. The van der Waals surface area contributed by atoms with Crippen LogP contribution in [-0.2, 0) is 0 Å². The Morgan fingerprint density at radius 1 is 0.346 bits per heavy atom. The molecule has 12 aromatic rings. The third-order valence-electron chi connectivity index (χ3n) is 11.0. The van der Waals surface area contributed by atoms with Crippen LogP contribution in [0.15, 0.2) is 170 Å². The van der Waals surface area contributed by atoms with E-state index in [1.807, 2.05) is 12.1 Å². The molecule has 4 heteroatoms. The van der Waals surface area contributed by atoms with Crippen LogP contribution in [0.5, 0.6) is 0 Å². The molecule has 9 aromatic carbocycles. The molecule has 0 saturated heterocycles. The third-order valence-corrected chi connectivity index (χ3v) is 11.0. The average molecular weight is 661 g/mol. The minimum absolute atomic E-state index is 0.825. The number of hydrogen-bond donors (Lipinski definition) is 0. The second-order valence-electron chi connectivity index (χ2n) is 13.8. The van der Waals surface area contributed by atoms with E-state index in [2.05, 4.69) is 167 Å². The van der Waals surface area contributed by atoms with Gasteiger partial charge < -0.3 is 4.57 Å². The summed E-state index contributed by atoms with van der Waals surface area (Å²) in [5, 5.41) is 12.4. The van der Waals surface area contributed by atoms with Crippen molar-refractivity contribution in [3.05, 3.63) is 170 Å². The minimum Gasteiger partial charge on any atom is -0.309 e. The van der Waals surface area contributed by atoms with Gasteiger partial charge in [-0.05, 0) is 93.0 Å². The van der Waals surface area contributed by atoms with Gasteiger partial charge in [-0.15, -0.1) is 0 Å². The van der Waals surface area contributed by atoms with Gasteiger partial charge in [0, 0.05) is 32.8 Å². The van der Waals surface area contributed by atoms with E-state index < -0.39 is 0 Å². The first-order chi connectivity index (χ1) is 25.8. The zero-order valence-electron chi connectivity index (χ0n) is 28.0.